The van der Waals surface area contributed by atoms with E-state index in [0.717, 1.165) is 15.9 Å². The number of hydrogen-bond acceptors (Lipinski definition) is 5. The number of halogens is 5. The van der Waals surface area contributed by atoms with Gasteiger partial charge in [-0.15, -0.1) is 10.2 Å². The van der Waals surface area contributed by atoms with Gasteiger partial charge in [0.05, 0.1) is 5.03 Å². The van der Waals surface area contributed by atoms with Crippen LogP contribution in [0, 0.1) is 0 Å². The van der Waals surface area contributed by atoms with Crippen LogP contribution in [0.25, 0.3) is 11.1 Å². The number of amides is 1. The normalized spacial score (nSPS) is 12.2. The zero-order valence-electron chi connectivity index (χ0n) is 13.7. The van der Waals surface area contributed by atoms with Crippen molar-refractivity contribution in [1.82, 2.24) is 19.7 Å². The van der Waals surface area contributed by atoms with Crippen molar-refractivity contribution in [2.75, 3.05) is 5.32 Å². The average Bonchev–Trinajstić information content (AvgIpc) is 3.26. The SMILES string of the molecule is O=C(Nc1ccc(Cl)cc1)c1nnc(/C(Cl)=C/c2nccn2CC(F)(F)F)s1. The highest BCUT2D eigenvalue weighted by Gasteiger charge is 2.28. The van der Waals surface area contributed by atoms with E-state index in [1.807, 2.05) is 0 Å². The van der Waals surface area contributed by atoms with Gasteiger partial charge in [-0.05, 0) is 24.3 Å². The number of rotatable bonds is 5. The average molecular weight is 448 g/mol. The Labute approximate surface area is 170 Å². The van der Waals surface area contributed by atoms with Crippen LogP contribution in [0.15, 0.2) is 36.7 Å². The number of carbonyl (C=O) groups is 1. The fourth-order valence-electron chi connectivity index (χ4n) is 2.09. The Kier molecular flexibility index (Phi) is 6.01. The second-order valence-electron chi connectivity index (χ2n) is 5.39. The second kappa shape index (κ2) is 8.29. The minimum atomic E-state index is -4.40. The summed E-state index contributed by atoms with van der Waals surface area (Å²) in [4.78, 5) is 16.1. The molecule has 1 amide bonds. The van der Waals surface area contributed by atoms with E-state index in [1.54, 1.807) is 24.3 Å². The molecule has 0 spiro atoms. The number of anilines is 1. The maximum atomic E-state index is 12.6. The van der Waals surface area contributed by atoms with E-state index in [2.05, 4.69) is 20.5 Å². The van der Waals surface area contributed by atoms with Crippen LogP contribution in [0.2, 0.25) is 5.02 Å². The van der Waals surface area contributed by atoms with Crippen LogP contribution in [0.4, 0.5) is 18.9 Å². The molecular weight excluding hydrogens is 438 g/mol. The van der Waals surface area contributed by atoms with Crippen molar-refractivity contribution < 1.29 is 18.0 Å². The van der Waals surface area contributed by atoms with Crippen LogP contribution >= 0.6 is 34.5 Å². The molecule has 0 bridgehead atoms. The molecule has 0 fully saturated rings. The molecule has 2 heterocycles. The number of nitrogens with one attached hydrogen (secondary N) is 1. The molecule has 0 atom stereocenters. The predicted molar refractivity (Wildman–Crippen MR) is 101 cm³/mol. The molecule has 2 aromatic heterocycles. The van der Waals surface area contributed by atoms with E-state index in [1.165, 1.54) is 18.5 Å². The van der Waals surface area contributed by atoms with E-state index in [0.29, 0.717) is 10.7 Å². The summed E-state index contributed by atoms with van der Waals surface area (Å²) in [7, 11) is 0. The fraction of sp³-hybridized carbons (Fsp3) is 0.125. The highest BCUT2D eigenvalue weighted by molar-refractivity contribution is 7.15. The van der Waals surface area contributed by atoms with Crippen molar-refractivity contribution in [1.29, 1.82) is 0 Å². The van der Waals surface area contributed by atoms with Gasteiger partial charge in [-0.2, -0.15) is 13.2 Å². The Balaban J connectivity index is 1.74. The van der Waals surface area contributed by atoms with Crippen molar-refractivity contribution in [2.24, 2.45) is 0 Å². The van der Waals surface area contributed by atoms with Gasteiger partial charge in [-0.1, -0.05) is 34.5 Å². The third-order valence-corrected chi connectivity index (χ3v) is 4.89. The topological polar surface area (TPSA) is 72.7 Å². The van der Waals surface area contributed by atoms with Gasteiger partial charge in [0.2, 0.25) is 5.01 Å². The van der Waals surface area contributed by atoms with Gasteiger partial charge < -0.3 is 9.88 Å². The summed E-state index contributed by atoms with van der Waals surface area (Å²) in [6, 6.07) is 6.47. The third kappa shape index (κ3) is 5.31. The first-order valence-corrected chi connectivity index (χ1v) is 9.14. The summed E-state index contributed by atoms with van der Waals surface area (Å²) in [5.41, 5.74) is 0.516. The maximum Gasteiger partial charge on any atom is 0.406 e. The van der Waals surface area contributed by atoms with E-state index >= 15 is 0 Å². The Bertz CT molecular complexity index is 1010. The quantitative estimate of drug-likeness (QED) is 0.600. The molecule has 1 N–H and O–H groups in total. The van der Waals surface area contributed by atoms with Gasteiger partial charge in [0.15, 0.2) is 5.01 Å². The lowest BCUT2D eigenvalue weighted by molar-refractivity contribution is -0.140. The lowest BCUT2D eigenvalue weighted by Crippen LogP contribution is -2.18. The molecule has 12 heteroatoms. The van der Waals surface area contributed by atoms with E-state index in [4.69, 9.17) is 23.2 Å². The number of aromatic nitrogens is 4. The second-order valence-corrected chi connectivity index (χ2v) is 7.22. The first-order chi connectivity index (χ1) is 13.2. The van der Waals surface area contributed by atoms with Gasteiger partial charge in [-0.25, -0.2) is 4.98 Å². The van der Waals surface area contributed by atoms with E-state index < -0.39 is 18.6 Å². The molecule has 3 rings (SSSR count). The minimum Gasteiger partial charge on any atom is -0.322 e. The molecule has 1 aromatic carbocycles. The smallest absolute Gasteiger partial charge is 0.322 e. The number of hydrogen-bond donors (Lipinski definition) is 1. The lowest BCUT2D eigenvalue weighted by Gasteiger charge is -2.08. The van der Waals surface area contributed by atoms with Crippen LogP contribution in [0.5, 0.6) is 0 Å². The van der Waals surface area contributed by atoms with Gasteiger partial charge in [-0.3, -0.25) is 4.79 Å². The monoisotopic (exact) mass is 447 g/mol. The molecule has 0 unspecified atom stereocenters. The van der Waals surface area contributed by atoms with Crippen LogP contribution in [0.1, 0.15) is 20.6 Å². The van der Waals surface area contributed by atoms with Crippen molar-refractivity contribution in [3.05, 3.63) is 57.5 Å². The van der Waals surface area contributed by atoms with Crippen molar-refractivity contribution in [3.63, 3.8) is 0 Å². The van der Waals surface area contributed by atoms with Crippen LogP contribution < -0.4 is 5.32 Å². The molecule has 146 valence electrons. The van der Waals surface area contributed by atoms with Crippen LogP contribution in [-0.4, -0.2) is 31.8 Å². The largest absolute Gasteiger partial charge is 0.406 e. The van der Waals surface area contributed by atoms with Gasteiger partial charge in [0.25, 0.3) is 5.91 Å². The number of imidazole rings is 1. The molecule has 6 nitrogen and oxygen atoms in total. The Morgan fingerprint density at radius 3 is 2.57 bits per heavy atom. The highest BCUT2D eigenvalue weighted by atomic mass is 35.5. The fourth-order valence-corrected chi connectivity index (χ4v) is 3.12. The number of carbonyl (C=O) groups excluding carboxylic acids is 1. The molecule has 0 aliphatic rings. The molecule has 0 saturated heterocycles. The Hall–Kier alpha value is -2.43. The zero-order valence-corrected chi connectivity index (χ0v) is 16.1. The van der Waals surface area contributed by atoms with Gasteiger partial charge in [0, 0.05) is 29.2 Å². The van der Waals surface area contributed by atoms with Crippen molar-refractivity contribution >= 4 is 57.2 Å². The van der Waals surface area contributed by atoms with E-state index in [9.17, 15) is 18.0 Å². The molecule has 3 aromatic rings. The summed E-state index contributed by atoms with van der Waals surface area (Å²) < 4.78 is 38.6. The Morgan fingerprint density at radius 2 is 1.89 bits per heavy atom. The highest BCUT2D eigenvalue weighted by Crippen LogP contribution is 2.26. The van der Waals surface area contributed by atoms with Crippen LogP contribution in [-0.2, 0) is 6.54 Å². The predicted octanol–water partition coefficient (Wildman–Crippen LogP) is 4.94. The molecule has 0 aliphatic heterocycles. The molecular formula is C16H10Cl2F3N5OS. The lowest BCUT2D eigenvalue weighted by atomic mass is 10.3. The summed E-state index contributed by atoms with van der Waals surface area (Å²) in [6.45, 7) is -1.20. The first kappa shape index (κ1) is 20.3. The summed E-state index contributed by atoms with van der Waals surface area (Å²) in [6.07, 6.45) is -0.748. The first-order valence-electron chi connectivity index (χ1n) is 7.57. The number of alkyl halides is 3. The molecule has 0 aliphatic carbocycles. The zero-order chi connectivity index (χ0) is 20.3. The van der Waals surface area contributed by atoms with Gasteiger partial charge >= 0.3 is 6.18 Å². The van der Waals surface area contributed by atoms with Crippen molar-refractivity contribution in [2.45, 2.75) is 12.7 Å². The van der Waals surface area contributed by atoms with Crippen molar-refractivity contribution in [3.8, 4) is 0 Å². The van der Waals surface area contributed by atoms with Gasteiger partial charge in [0.1, 0.15) is 12.4 Å². The number of nitrogens with zero attached hydrogens (tertiary/aromatic N) is 4. The maximum absolute atomic E-state index is 12.6. The summed E-state index contributed by atoms with van der Waals surface area (Å²) in [5, 5.41) is 10.9. The molecule has 28 heavy (non-hydrogen) atoms. The summed E-state index contributed by atoms with van der Waals surface area (Å²) >= 11 is 12.8. The summed E-state index contributed by atoms with van der Waals surface area (Å²) in [5.74, 6) is -0.501. The Morgan fingerprint density at radius 1 is 1.21 bits per heavy atom. The molecule has 0 saturated carbocycles. The third-order valence-electron chi connectivity index (χ3n) is 3.28. The molecule has 0 radical (unpaired) electrons. The number of benzene rings is 1. The van der Waals surface area contributed by atoms with E-state index in [-0.39, 0.29) is 20.9 Å². The standard InChI is InChI=1S/C16H10Cl2F3N5OS/c17-9-1-3-10(4-2-9)23-13(27)15-25-24-14(28-15)11(18)7-12-22-5-6-26(12)8-16(19,20)21/h1-7H,8H2,(H,23,27)/b11-7-. The minimum absolute atomic E-state index is 0.00434. The van der Waals surface area contributed by atoms with Crippen LogP contribution in [0.3, 0.4) is 0 Å².